The summed E-state index contributed by atoms with van der Waals surface area (Å²) in [7, 11) is 0. The van der Waals surface area contributed by atoms with Crippen LogP contribution in [0.15, 0.2) is 10.7 Å². The van der Waals surface area contributed by atoms with Crippen LogP contribution in [0.5, 0.6) is 0 Å². The topological polar surface area (TPSA) is 70.7 Å². The van der Waals surface area contributed by atoms with Gasteiger partial charge in [-0.05, 0) is 54.6 Å². The monoisotopic (exact) mass is 378 g/mol. The molecular weight excluding hydrogens is 364 g/mol. The van der Waals surface area contributed by atoms with Gasteiger partial charge in [-0.15, -0.1) is 11.3 Å². The van der Waals surface area contributed by atoms with E-state index in [2.05, 4.69) is 32.4 Å². The first-order valence-corrected chi connectivity index (χ1v) is 8.69. The van der Waals surface area contributed by atoms with Gasteiger partial charge in [-0.1, -0.05) is 0 Å². The van der Waals surface area contributed by atoms with E-state index in [-0.39, 0.29) is 5.91 Å². The summed E-state index contributed by atoms with van der Waals surface area (Å²) in [5.74, 6) is -0.161. The number of aryl methyl sites for hydroxylation is 2. The van der Waals surface area contributed by atoms with Crippen molar-refractivity contribution in [3.63, 3.8) is 0 Å². The average molecular weight is 379 g/mol. The highest BCUT2D eigenvalue weighted by atomic mass is 79.9. The van der Waals surface area contributed by atoms with Gasteiger partial charge in [0.05, 0.1) is 15.7 Å². The number of nitrogens with zero attached hydrogens (tertiary/aromatic N) is 3. The zero-order chi connectivity index (χ0) is 15.9. The van der Waals surface area contributed by atoms with Gasteiger partial charge in [0, 0.05) is 11.1 Å². The number of carbonyl (C=O) groups excluding carboxylic acids is 1. The van der Waals surface area contributed by atoms with E-state index in [0.29, 0.717) is 10.6 Å². The third kappa shape index (κ3) is 2.57. The summed E-state index contributed by atoms with van der Waals surface area (Å²) in [5.41, 5.74) is 2.59. The lowest BCUT2D eigenvalue weighted by Crippen LogP contribution is -2.24. The van der Waals surface area contributed by atoms with Gasteiger partial charge in [0.2, 0.25) is 5.91 Å². The standard InChI is InChI=1S/C15H15BrN4OS/c1-8-12(16)7-20(19-8)9(2)14(21)18-15-11(6-17)10-4-3-5-13(10)22-15/h7,9H,3-5H2,1-2H3,(H,18,21). The molecule has 5 nitrogen and oxygen atoms in total. The third-order valence-corrected chi connectivity index (χ3v) is 5.89. The Kier molecular flexibility index (Phi) is 4.06. The Hall–Kier alpha value is -1.65. The van der Waals surface area contributed by atoms with Crippen LogP contribution >= 0.6 is 27.3 Å². The molecule has 0 aromatic carbocycles. The predicted molar refractivity (Wildman–Crippen MR) is 89.1 cm³/mol. The van der Waals surface area contributed by atoms with Crippen LogP contribution in [0.1, 0.15) is 41.1 Å². The van der Waals surface area contributed by atoms with E-state index in [0.717, 1.165) is 35.0 Å². The molecule has 1 N–H and O–H groups in total. The number of halogens is 1. The van der Waals surface area contributed by atoms with Crippen LogP contribution in [-0.4, -0.2) is 15.7 Å². The zero-order valence-corrected chi connectivity index (χ0v) is 14.7. The molecule has 1 amide bonds. The minimum Gasteiger partial charge on any atom is -0.315 e. The number of carbonyl (C=O) groups is 1. The summed E-state index contributed by atoms with van der Waals surface area (Å²) in [6.07, 6.45) is 4.83. The zero-order valence-electron chi connectivity index (χ0n) is 12.3. The van der Waals surface area contributed by atoms with Crippen molar-refractivity contribution < 1.29 is 4.79 Å². The van der Waals surface area contributed by atoms with E-state index in [1.54, 1.807) is 17.8 Å². The van der Waals surface area contributed by atoms with Gasteiger partial charge in [0.15, 0.2) is 0 Å². The van der Waals surface area contributed by atoms with Crippen LogP contribution in [0, 0.1) is 18.3 Å². The summed E-state index contributed by atoms with van der Waals surface area (Å²) in [6, 6.07) is 1.80. The van der Waals surface area contributed by atoms with Crippen molar-refractivity contribution in [3.8, 4) is 6.07 Å². The van der Waals surface area contributed by atoms with Gasteiger partial charge >= 0.3 is 0 Å². The normalized spacial score (nSPS) is 14.5. The van der Waals surface area contributed by atoms with Gasteiger partial charge < -0.3 is 5.32 Å². The number of nitriles is 1. The van der Waals surface area contributed by atoms with Crippen molar-refractivity contribution in [2.75, 3.05) is 5.32 Å². The number of amides is 1. The molecule has 2 heterocycles. The highest BCUT2D eigenvalue weighted by molar-refractivity contribution is 9.10. The van der Waals surface area contributed by atoms with E-state index < -0.39 is 6.04 Å². The molecular formula is C15H15BrN4OS. The smallest absolute Gasteiger partial charge is 0.249 e. The molecule has 2 aromatic rings. The van der Waals surface area contributed by atoms with Crippen LogP contribution in [0.4, 0.5) is 5.00 Å². The quantitative estimate of drug-likeness (QED) is 0.886. The highest BCUT2D eigenvalue weighted by Gasteiger charge is 2.25. The Labute approximate surface area is 141 Å². The molecule has 114 valence electrons. The number of aromatic nitrogens is 2. The van der Waals surface area contributed by atoms with Crippen LogP contribution < -0.4 is 5.32 Å². The summed E-state index contributed by atoms with van der Waals surface area (Å²) in [5, 5.41) is 17.2. The Balaban J connectivity index is 1.81. The van der Waals surface area contributed by atoms with Gasteiger partial charge in [-0.2, -0.15) is 10.4 Å². The molecule has 1 aliphatic carbocycles. The molecule has 1 unspecified atom stereocenters. The summed E-state index contributed by atoms with van der Waals surface area (Å²) in [6.45, 7) is 3.67. The minimum absolute atomic E-state index is 0.161. The fourth-order valence-electron chi connectivity index (χ4n) is 2.60. The molecule has 22 heavy (non-hydrogen) atoms. The predicted octanol–water partition coefficient (Wildman–Crippen LogP) is 3.58. The molecule has 0 spiro atoms. The number of hydrogen-bond acceptors (Lipinski definition) is 4. The molecule has 0 bridgehead atoms. The van der Waals surface area contributed by atoms with Crippen molar-refractivity contribution >= 4 is 38.2 Å². The van der Waals surface area contributed by atoms with Crippen molar-refractivity contribution in [2.45, 2.75) is 39.2 Å². The largest absolute Gasteiger partial charge is 0.315 e. The Morgan fingerprint density at radius 3 is 3.00 bits per heavy atom. The van der Waals surface area contributed by atoms with Crippen molar-refractivity contribution in [2.24, 2.45) is 0 Å². The lowest BCUT2D eigenvalue weighted by Gasteiger charge is -2.12. The lowest BCUT2D eigenvalue weighted by atomic mass is 10.1. The molecule has 0 saturated heterocycles. The van der Waals surface area contributed by atoms with Gasteiger partial charge in [0.25, 0.3) is 0 Å². The Bertz CT molecular complexity index is 767. The van der Waals surface area contributed by atoms with E-state index in [1.807, 2.05) is 6.92 Å². The molecule has 7 heteroatoms. The van der Waals surface area contributed by atoms with Crippen LogP contribution in [0.25, 0.3) is 0 Å². The number of anilines is 1. The fraction of sp³-hybridized carbons (Fsp3) is 0.400. The van der Waals surface area contributed by atoms with Gasteiger partial charge in [-0.25, -0.2) is 0 Å². The number of fused-ring (bicyclic) bond motifs is 1. The molecule has 1 aliphatic rings. The van der Waals surface area contributed by atoms with E-state index in [9.17, 15) is 10.1 Å². The van der Waals surface area contributed by atoms with Crippen LogP contribution in [0.3, 0.4) is 0 Å². The molecule has 2 aromatic heterocycles. The molecule has 0 saturated carbocycles. The average Bonchev–Trinajstić information content (AvgIpc) is 3.13. The van der Waals surface area contributed by atoms with Crippen molar-refractivity contribution in [1.29, 1.82) is 5.26 Å². The maximum atomic E-state index is 12.4. The SMILES string of the molecule is Cc1nn(C(C)C(=O)Nc2sc3c(c2C#N)CCC3)cc1Br. The Morgan fingerprint density at radius 2 is 2.36 bits per heavy atom. The van der Waals surface area contributed by atoms with Crippen LogP contribution in [-0.2, 0) is 17.6 Å². The third-order valence-electron chi connectivity index (χ3n) is 3.90. The second-order valence-corrected chi connectivity index (χ2v) is 7.34. The van der Waals surface area contributed by atoms with Gasteiger partial charge in [0.1, 0.15) is 17.1 Å². The Morgan fingerprint density at radius 1 is 1.59 bits per heavy atom. The number of thiophene rings is 1. The van der Waals surface area contributed by atoms with E-state index in [4.69, 9.17) is 0 Å². The summed E-state index contributed by atoms with van der Waals surface area (Å²) in [4.78, 5) is 13.7. The fourth-order valence-corrected chi connectivity index (χ4v) is 4.14. The second-order valence-electron chi connectivity index (χ2n) is 5.38. The lowest BCUT2D eigenvalue weighted by molar-refractivity contribution is -0.119. The van der Waals surface area contributed by atoms with Crippen molar-refractivity contribution in [1.82, 2.24) is 9.78 Å². The van der Waals surface area contributed by atoms with E-state index >= 15 is 0 Å². The van der Waals surface area contributed by atoms with Gasteiger partial charge in [-0.3, -0.25) is 9.48 Å². The molecule has 0 aliphatic heterocycles. The molecule has 0 fully saturated rings. The maximum Gasteiger partial charge on any atom is 0.249 e. The van der Waals surface area contributed by atoms with Crippen LogP contribution in [0.2, 0.25) is 0 Å². The first-order chi connectivity index (χ1) is 10.5. The molecule has 1 atom stereocenters. The highest BCUT2D eigenvalue weighted by Crippen LogP contribution is 2.38. The first kappa shape index (κ1) is 15.3. The summed E-state index contributed by atoms with van der Waals surface area (Å²) < 4.78 is 2.50. The molecule has 0 radical (unpaired) electrons. The van der Waals surface area contributed by atoms with E-state index in [1.165, 1.54) is 16.2 Å². The first-order valence-electron chi connectivity index (χ1n) is 7.08. The van der Waals surface area contributed by atoms with Crippen molar-refractivity contribution in [3.05, 3.63) is 32.4 Å². The maximum absolute atomic E-state index is 12.4. The number of hydrogen-bond donors (Lipinski definition) is 1. The minimum atomic E-state index is -0.437. The molecule has 3 rings (SSSR count). The second kappa shape index (κ2) is 5.86. The summed E-state index contributed by atoms with van der Waals surface area (Å²) >= 11 is 4.93. The number of rotatable bonds is 3. The number of nitrogens with one attached hydrogen (secondary N) is 1.